The van der Waals surface area contributed by atoms with Crippen LogP contribution in [0.2, 0.25) is 0 Å². The maximum Gasteiger partial charge on any atom is 0.309 e. The Morgan fingerprint density at radius 2 is 1.41 bits per heavy atom. The fourth-order valence-electron chi connectivity index (χ4n) is 12.5. The van der Waals surface area contributed by atoms with Gasteiger partial charge in [-0.25, -0.2) is 0 Å². The monoisotopic (exact) mass is 940 g/mol. The van der Waals surface area contributed by atoms with Crippen molar-refractivity contribution in [3.8, 4) is 0 Å². The average Bonchev–Trinajstić information content (AvgIpc) is 3.80. The van der Waals surface area contributed by atoms with E-state index in [1.165, 1.54) is 18.3 Å². The number of hydrogen-bond acceptors (Lipinski definition) is 19. The normalized spacial score (nSPS) is 51.7. The highest BCUT2D eigenvalue weighted by Gasteiger charge is 2.58. The third-order valence-corrected chi connectivity index (χ3v) is 16.3. The van der Waals surface area contributed by atoms with E-state index < -0.39 is 111 Å². The van der Waals surface area contributed by atoms with Crippen LogP contribution in [0.4, 0.5) is 0 Å². The first-order chi connectivity index (χ1) is 31.5. The summed E-state index contributed by atoms with van der Waals surface area (Å²) in [6.45, 7) is 9.47. The summed E-state index contributed by atoms with van der Waals surface area (Å²) in [5.74, 6) is -1.03. The largest absolute Gasteiger partial charge is 0.469 e. The second kappa shape index (κ2) is 19.7. The zero-order valence-corrected chi connectivity index (χ0v) is 39.1. The third kappa shape index (κ3) is 9.28. The standard InChI is InChI=1S/C47H72O19/c1-21-41(64-36-17-31(55-7)43(23(3)60-36)66-45-40(52)39(51)38(50)32(18-48)63-45)29(49)15-34(58-21)65-42-22(2)59-35(16-30(42)54-6)61-26-12-13-46(4)25(14-26)9-10-27-28(46)11-8-24-19-56-47(5)37(24)33(20-57-47)62-44(27)53/h9,19,21-23,26-43,45,48-52H,8,10-18,20H2,1-7H3/t21-,22-,23-,26+,27-,28+,29+,30-,31-,32-,33-,34+,35-,36+,37-,38-,39+,40-,41-,42-,43-,45+,46+,47+/m1/s1. The van der Waals surface area contributed by atoms with Crippen molar-refractivity contribution >= 4 is 5.97 Å². The minimum Gasteiger partial charge on any atom is -0.469 e. The Hall–Kier alpha value is -1.89. The van der Waals surface area contributed by atoms with Crippen molar-refractivity contribution in [1.82, 2.24) is 0 Å². The molecule has 0 aromatic heterocycles. The van der Waals surface area contributed by atoms with E-state index in [4.69, 9.17) is 61.6 Å². The molecule has 2 aliphatic carbocycles. The maximum atomic E-state index is 13.8. The van der Waals surface area contributed by atoms with Gasteiger partial charge in [0.2, 0.25) is 5.79 Å². The Morgan fingerprint density at radius 1 is 0.773 bits per heavy atom. The number of hydrogen-bond donors (Lipinski definition) is 5. The highest BCUT2D eigenvalue weighted by molar-refractivity contribution is 5.74. The summed E-state index contributed by atoms with van der Waals surface area (Å²) in [7, 11) is 3.14. The molecule has 374 valence electrons. The lowest BCUT2D eigenvalue weighted by atomic mass is 9.55. The molecule has 7 aliphatic heterocycles. The predicted molar refractivity (Wildman–Crippen MR) is 225 cm³/mol. The third-order valence-electron chi connectivity index (χ3n) is 16.3. The minimum atomic E-state index is -1.59. The molecule has 0 unspecified atom stereocenters. The van der Waals surface area contributed by atoms with Gasteiger partial charge >= 0.3 is 5.97 Å². The summed E-state index contributed by atoms with van der Waals surface area (Å²) in [6.07, 6.45) is -5.73. The molecule has 0 amide bonds. The van der Waals surface area contributed by atoms with Gasteiger partial charge in [0.05, 0.1) is 74.0 Å². The fourth-order valence-corrected chi connectivity index (χ4v) is 12.5. The van der Waals surface area contributed by atoms with Crippen molar-refractivity contribution in [2.45, 2.75) is 215 Å². The molecule has 0 bridgehead atoms. The van der Waals surface area contributed by atoms with Crippen molar-refractivity contribution in [1.29, 1.82) is 0 Å². The number of methoxy groups -OCH3 is 2. The van der Waals surface area contributed by atoms with Crippen LogP contribution in [0, 0.1) is 23.2 Å². The maximum absolute atomic E-state index is 13.8. The summed E-state index contributed by atoms with van der Waals surface area (Å²) in [4.78, 5) is 13.8. The van der Waals surface area contributed by atoms with E-state index >= 15 is 0 Å². The number of carbonyl (C=O) groups excluding carboxylic acids is 1. The van der Waals surface area contributed by atoms with Gasteiger partial charge in [0.15, 0.2) is 25.2 Å². The molecular weight excluding hydrogens is 868 g/mol. The molecule has 7 fully saturated rings. The molecule has 0 spiro atoms. The van der Waals surface area contributed by atoms with Crippen LogP contribution in [0.25, 0.3) is 0 Å². The number of fused-ring (bicyclic) bond motifs is 3. The van der Waals surface area contributed by atoms with Crippen molar-refractivity contribution in [2.24, 2.45) is 23.2 Å². The topological polar surface area (TPSA) is 238 Å². The molecule has 24 atom stereocenters. The zero-order valence-electron chi connectivity index (χ0n) is 39.1. The molecule has 5 N–H and O–H groups in total. The van der Waals surface area contributed by atoms with Gasteiger partial charge in [-0.3, -0.25) is 4.79 Å². The summed E-state index contributed by atoms with van der Waals surface area (Å²) < 4.78 is 79.9. The minimum absolute atomic E-state index is 0.0646. The molecule has 6 saturated heterocycles. The van der Waals surface area contributed by atoms with E-state index in [1.807, 2.05) is 20.1 Å². The van der Waals surface area contributed by atoms with Crippen LogP contribution in [0.1, 0.15) is 92.4 Å². The number of aliphatic hydroxyl groups is 5. The molecule has 7 heterocycles. The lowest BCUT2D eigenvalue weighted by Crippen LogP contribution is -2.62. The summed E-state index contributed by atoms with van der Waals surface area (Å²) in [5, 5.41) is 52.0. The molecule has 9 aliphatic rings. The number of carbonyl (C=O) groups is 1. The first-order valence-corrected chi connectivity index (χ1v) is 24.1. The molecule has 1 saturated carbocycles. The Balaban J connectivity index is 0.757. The van der Waals surface area contributed by atoms with E-state index in [1.54, 1.807) is 21.0 Å². The molecule has 0 aromatic carbocycles. The van der Waals surface area contributed by atoms with Gasteiger partial charge in [0.25, 0.3) is 0 Å². The number of rotatable bonds is 11. The highest BCUT2D eigenvalue weighted by atomic mass is 16.8. The molecule has 19 heteroatoms. The average molecular weight is 941 g/mol. The number of ether oxygens (including phenoxy) is 13. The molecular formula is C47H72O19. The predicted octanol–water partition coefficient (Wildman–Crippen LogP) is 1.86. The van der Waals surface area contributed by atoms with Crippen LogP contribution in [-0.2, 0) is 66.4 Å². The molecule has 0 aromatic rings. The number of allylic oxidation sites excluding steroid dienone is 1. The van der Waals surface area contributed by atoms with E-state index in [9.17, 15) is 30.3 Å². The second-order valence-electron chi connectivity index (χ2n) is 20.4. The van der Waals surface area contributed by atoms with Crippen LogP contribution in [-0.4, -0.2) is 181 Å². The van der Waals surface area contributed by atoms with Crippen LogP contribution in [0.3, 0.4) is 0 Å². The number of aliphatic hydroxyl groups excluding tert-OH is 5. The van der Waals surface area contributed by atoms with Crippen LogP contribution >= 0.6 is 0 Å². The Kier molecular flexibility index (Phi) is 14.7. The molecule has 0 radical (unpaired) electrons. The molecule has 9 rings (SSSR count). The van der Waals surface area contributed by atoms with Gasteiger partial charge in [0, 0.05) is 40.4 Å². The van der Waals surface area contributed by atoms with Crippen molar-refractivity contribution in [2.75, 3.05) is 27.4 Å². The van der Waals surface area contributed by atoms with Gasteiger partial charge in [-0.05, 0) is 76.2 Å². The lowest BCUT2D eigenvalue weighted by Gasteiger charge is -2.51. The first-order valence-electron chi connectivity index (χ1n) is 24.1. The molecule has 19 nitrogen and oxygen atoms in total. The fraction of sp³-hybridized carbons (Fsp3) is 0.894. The Labute approximate surface area is 386 Å². The van der Waals surface area contributed by atoms with Gasteiger partial charge in [-0.1, -0.05) is 18.6 Å². The Bertz CT molecular complexity index is 1750. The van der Waals surface area contributed by atoms with E-state index in [0.717, 1.165) is 32.1 Å². The van der Waals surface area contributed by atoms with Gasteiger partial charge < -0.3 is 87.1 Å². The van der Waals surface area contributed by atoms with Crippen molar-refractivity contribution in [3.63, 3.8) is 0 Å². The zero-order chi connectivity index (χ0) is 46.8. The summed E-state index contributed by atoms with van der Waals surface area (Å²) >= 11 is 0. The van der Waals surface area contributed by atoms with Crippen molar-refractivity contribution < 1.29 is 91.9 Å². The summed E-state index contributed by atoms with van der Waals surface area (Å²) in [6, 6.07) is 0. The van der Waals surface area contributed by atoms with Gasteiger partial charge in [0.1, 0.15) is 48.8 Å². The van der Waals surface area contributed by atoms with Gasteiger partial charge in [-0.15, -0.1) is 0 Å². The first kappa shape index (κ1) is 49.1. The Morgan fingerprint density at radius 3 is 2.08 bits per heavy atom. The molecule has 66 heavy (non-hydrogen) atoms. The highest BCUT2D eigenvalue weighted by Crippen LogP contribution is 2.57. The van der Waals surface area contributed by atoms with Crippen LogP contribution in [0.15, 0.2) is 23.5 Å². The quantitative estimate of drug-likeness (QED) is 0.147. The van der Waals surface area contributed by atoms with E-state index in [2.05, 4.69) is 13.0 Å². The SMILES string of the molecule is CO[C@@H]1C[C@@H](O[C@H]2CC[C@@]3(C)C(=CC[C@H]4C(=O)O[C@@H]5CO[C@]6(C)OC=C(CC[C@@H]43)[C@H]56)C2)O[C@H](C)[C@H]1O[C@H]1C[C@H](O)[C@H](O[C@H]2C[C@@H](OC)[C@H](O[C@@H]3O[C@H](CO)[C@@H](O)[C@H](O)[C@H]3O)[C@@H](C)O2)[C@@H](C)O1. The summed E-state index contributed by atoms with van der Waals surface area (Å²) in [5.41, 5.74) is 2.35. The van der Waals surface area contributed by atoms with E-state index in [0.29, 0.717) is 19.4 Å². The van der Waals surface area contributed by atoms with Crippen LogP contribution in [0.5, 0.6) is 0 Å². The smallest absolute Gasteiger partial charge is 0.309 e. The number of esters is 1. The van der Waals surface area contributed by atoms with E-state index in [-0.39, 0.29) is 60.3 Å². The van der Waals surface area contributed by atoms with Crippen LogP contribution < -0.4 is 0 Å². The van der Waals surface area contributed by atoms with Crippen molar-refractivity contribution in [3.05, 3.63) is 23.5 Å². The lowest BCUT2D eigenvalue weighted by molar-refractivity contribution is -0.356. The second-order valence-corrected chi connectivity index (χ2v) is 20.4. The van der Waals surface area contributed by atoms with Gasteiger partial charge in [-0.2, -0.15) is 0 Å².